The van der Waals surface area contributed by atoms with Crippen LogP contribution in [-0.4, -0.2) is 12.2 Å². The highest BCUT2D eigenvalue weighted by Crippen LogP contribution is 2.48. The third-order valence-corrected chi connectivity index (χ3v) is 2.90. The summed E-state index contributed by atoms with van der Waals surface area (Å²) in [6, 6.07) is 6.06. The SMILES string of the molecule is CCc1ccc(OC)c(C2(O)CC2)c1. The maximum absolute atomic E-state index is 10.1. The number of methoxy groups -OCH3 is 1. The average Bonchev–Trinajstić information content (AvgIpc) is 2.97. The van der Waals surface area contributed by atoms with Crippen LogP contribution in [0.25, 0.3) is 0 Å². The molecule has 0 bridgehead atoms. The van der Waals surface area contributed by atoms with E-state index in [9.17, 15) is 5.11 Å². The van der Waals surface area contributed by atoms with E-state index in [0.29, 0.717) is 0 Å². The number of aliphatic hydroxyl groups is 1. The third-order valence-electron chi connectivity index (χ3n) is 2.90. The van der Waals surface area contributed by atoms with Crippen molar-refractivity contribution in [3.63, 3.8) is 0 Å². The first-order valence-electron chi connectivity index (χ1n) is 5.09. The van der Waals surface area contributed by atoms with Gasteiger partial charge in [-0.2, -0.15) is 0 Å². The molecule has 1 saturated carbocycles. The van der Waals surface area contributed by atoms with E-state index >= 15 is 0 Å². The van der Waals surface area contributed by atoms with Gasteiger partial charge >= 0.3 is 0 Å². The summed E-state index contributed by atoms with van der Waals surface area (Å²) < 4.78 is 5.25. The normalized spacial score (nSPS) is 17.9. The molecule has 0 aromatic heterocycles. The third kappa shape index (κ3) is 1.50. The van der Waals surface area contributed by atoms with Gasteiger partial charge < -0.3 is 9.84 Å². The van der Waals surface area contributed by atoms with Gasteiger partial charge in [0.25, 0.3) is 0 Å². The van der Waals surface area contributed by atoms with E-state index in [0.717, 1.165) is 30.6 Å². The van der Waals surface area contributed by atoms with Crippen molar-refractivity contribution in [2.24, 2.45) is 0 Å². The first-order chi connectivity index (χ1) is 6.69. The topological polar surface area (TPSA) is 29.5 Å². The average molecular weight is 192 g/mol. The fraction of sp³-hybridized carbons (Fsp3) is 0.500. The zero-order chi connectivity index (χ0) is 10.2. The van der Waals surface area contributed by atoms with Gasteiger partial charge in [-0.1, -0.05) is 13.0 Å². The van der Waals surface area contributed by atoms with Crippen LogP contribution in [0.15, 0.2) is 18.2 Å². The van der Waals surface area contributed by atoms with Crippen LogP contribution < -0.4 is 4.74 Å². The monoisotopic (exact) mass is 192 g/mol. The highest BCUT2D eigenvalue weighted by molar-refractivity contribution is 5.43. The van der Waals surface area contributed by atoms with E-state index in [1.54, 1.807) is 7.11 Å². The molecule has 0 unspecified atom stereocenters. The van der Waals surface area contributed by atoms with E-state index in [1.165, 1.54) is 5.56 Å². The molecule has 2 nitrogen and oxygen atoms in total. The predicted molar refractivity (Wildman–Crippen MR) is 55.5 cm³/mol. The van der Waals surface area contributed by atoms with Crippen LogP contribution in [0.2, 0.25) is 0 Å². The number of hydrogen-bond donors (Lipinski definition) is 1. The predicted octanol–water partition coefficient (Wildman–Crippen LogP) is 2.24. The molecule has 0 heterocycles. The van der Waals surface area contributed by atoms with Crippen LogP contribution in [0.3, 0.4) is 0 Å². The molecule has 2 rings (SSSR count). The van der Waals surface area contributed by atoms with Crippen molar-refractivity contribution < 1.29 is 9.84 Å². The van der Waals surface area contributed by atoms with Gasteiger partial charge in [-0.15, -0.1) is 0 Å². The Bertz CT molecular complexity index is 340. The molecule has 0 spiro atoms. The summed E-state index contributed by atoms with van der Waals surface area (Å²) in [4.78, 5) is 0. The van der Waals surface area contributed by atoms with Crippen molar-refractivity contribution in [3.8, 4) is 5.75 Å². The maximum atomic E-state index is 10.1. The zero-order valence-electron chi connectivity index (χ0n) is 8.71. The Morgan fingerprint density at radius 1 is 1.43 bits per heavy atom. The first-order valence-corrected chi connectivity index (χ1v) is 5.09. The minimum Gasteiger partial charge on any atom is -0.496 e. The Hall–Kier alpha value is -1.02. The second-order valence-corrected chi connectivity index (χ2v) is 3.92. The van der Waals surface area contributed by atoms with Gasteiger partial charge in [-0.25, -0.2) is 0 Å². The summed E-state index contributed by atoms with van der Waals surface area (Å²) in [5.41, 5.74) is 1.61. The molecule has 14 heavy (non-hydrogen) atoms. The highest BCUT2D eigenvalue weighted by Gasteiger charge is 2.44. The van der Waals surface area contributed by atoms with Crippen molar-refractivity contribution >= 4 is 0 Å². The molecule has 0 atom stereocenters. The molecule has 0 amide bonds. The largest absolute Gasteiger partial charge is 0.496 e. The summed E-state index contributed by atoms with van der Waals surface area (Å²) >= 11 is 0. The number of rotatable bonds is 3. The van der Waals surface area contributed by atoms with Crippen molar-refractivity contribution in [2.45, 2.75) is 31.8 Å². The first kappa shape index (κ1) is 9.53. The van der Waals surface area contributed by atoms with Crippen LogP contribution in [0.4, 0.5) is 0 Å². The lowest BCUT2D eigenvalue weighted by Gasteiger charge is -2.14. The van der Waals surface area contributed by atoms with E-state index in [4.69, 9.17) is 4.74 Å². The molecular weight excluding hydrogens is 176 g/mol. The lowest BCUT2D eigenvalue weighted by Crippen LogP contribution is -2.07. The molecule has 1 aliphatic carbocycles. The van der Waals surface area contributed by atoms with Crippen LogP contribution in [0.1, 0.15) is 30.9 Å². The van der Waals surface area contributed by atoms with Crippen molar-refractivity contribution in [1.29, 1.82) is 0 Å². The summed E-state index contributed by atoms with van der Waals surface area (Å²) in [5, 5.41) is 10.1. The number of hydrogen-bond acceptors (Lipinski definition) is 2. The summed E-state index contributed by atoms with van der Waals surface area (Å²) in [7, 11) is 1.65. The molecule has 1 aliphatic rings. The molecule has 1 N–H and O–H groups in total. The second kappa shape index (κ2) is 3.28. The summed E-state index contributed by atoms with van der Waals surface area (Å²) in [5.74, 6) is 0.808. The minimum atomic E-state index is -0.601. The van der Waals surface area contributed by atoms with Crippen molar-refractivity contribution in [1.82, 2.24) is 0 Å². The second-order valence-electron chi connectivity index (χ2n) is 3.92. The molecular formula is C12H16O2. The summed E-state index contributed by atoms with van der Waals surface area (Å²) in [6.45, 7) is 2.11. The number of benzene rings is 1. The Morgan fingerprint density at radius 3 is 2.64 bits per heavy atom. The Kier molecular flexibility index (Phi) is 2.23. The lowest BCUT2D eigenvalue weighted by molar-refractivity contribution is 0.147. The maximum Gasteiger partial charge on any atom is 0.124 e. The molecule has 0 saturated heterocycles. The lowest BCUT2D eigenvalue weighted by atomic mass is 10.0. The Labute approximate surface area is 84.5 Å². The van der Waals surface area contributed by atoms with Gasteiger partial charge in [0.15, 0.2) is 0 Å². The fourth-order valence-electron chi connectivity index (χ4n) is 1.73. The minimum absolute atomic E-state index is 0.601. The van der Waals surface area contributed by atoms with Crippen LogP contribution in [-0.2, 0) is 12.0 Å². The van der Waals surface area contributed by atoms with Crippen molar-refractivity contribution in [2.75, 3.05) is 7.11 Å². The highest BCUT2D eigenvalue weighted by atomic mass is 16.5. The molecule has 1 aromatic rings. The Morgan fingerprint density at radius 2 is 2.14 bits per heavy atom. The zero-order valence-corrected chi connectivity index (χ0v) is 8.71. The van der Waals surface area contributed by atoms with E-state index in [-0.39, 0.29) is 0 Å². The molecule has 1 aromatic carbocycles. The fourth-order valence-corrected chi connectivity index (χ4v) is 1.73. The van der Waals surface area contributed by atoms with Crippen molar-refractivity contribution in [3.05, 3.63) is 29.3 Å². The van der Waals surface area contributed by atoms with Gasteiger partial charge in [0, 0.05) is 5.56 Å². The van der Waals surface area contributed by atoms with Crippen LogP contribution >= 0.6 is 0 Å². The van der Waals surface area contributed by atoms with Crippen LogP contribution in [0, 0.1) is 0 Å². The molecule has 2 heteroatoms. The molecule has 0 aliphatic heterocycles. The van der Waals surface area contributed by atoms with Gasteiger partial charge in [-0.05, 0) is 37.0 Å². The van der Waals surface area contributed by atoms with E-state index in [2.05, 4.69) is 13.0 Å². The van der Waals surface area contributed by atoms with Gasteiger partial charge in [0.2, 0.25) is 0 Å². The number of aryl methyl sites for hydroxylation is 1. The van der Waals surface area contributed by atoms with E-state index in [1.807, 2.05) is 12.1 Å². The van der Waals surface area contributed by atoms with Crippen LogP contribution in [0.5, 0.6) is 5.75 Å². The van der Waals surface area contributed by atoms with E-state index < -0.39 is 5.60 Å². The smallest absolute Gasteiger partial charge is 0.124 e. The van der Waals surface area contributed by atoms with Gasteiger partial charge in [0.05, 0.1) is 12.7 Å². The molecule has 76 valence electrons. The quantitative estimate of drug-likeness (QED) is 0.795. The molecule has 0 radical (unpaired) electrons. The molecule has 1 fully saturated rings. The standard InChI is InChI=1S/C12H16O2/c1-3-9-4-5-11(14-2)10(8-9)12(13)6-7-12/h4-5,8,13H,3,6-7H2,1-2H3. The number of ether oxygens (including phenoxy) is 1. The Balaban J connectivity index is 2.43. The summed E-state index contributed by atoms with van der Waals surface area (Å²) in [6.07, 6.45) is 2.71. The van der Waals surface area contributed by atoms with Gasteiger partial charge in [-0.3, -0.25) is 0 Å². The van der Waals surface area contributed by atoms with Gasteiger partial charge in [0.1, 0.15) is 5.75 Å².